The van der Waals surface area contributed by atoms with Crippen LogP contribution in [0.3, 0.4) is 0 Å². The number of hydrogen-bond acceptors (Lipinski definition) is 2. The SMILES string of the molecule is CCCCC[O][Al]([Cl])[O]CCCCC. The molecule has 0 unspecified atom stereocenters. The largest absolute Gasteiger partial charge is 0.813 e. The lowest BCUT2D eigenvalue weighted by Crippen LogP contribution is -2.17. The second-order valence-corrected chi connectivity index (χ2v) is 5.71. The summed E-state index contributed by atoms with van der Waals surface area (Å²) in [6.07, 6.45) is 7.07. The molecule has 0 aliphatic heterocycles. The average molecular weight is 237 g/mol. The predicted octanol–water partition coefficient (Wildman–Crippen LogP) is 3.62. The summed E-state index contributed by atoms with van der Waals surface area (Å²) in [6, 6.07) is 0. The first-order chi connectivity index (χ1) is 6.81. The summed E-state index contributed by atoms with van der Waals surface area (Å²) < 4.78 is 10.8. The highest BCUT2D eigenvalue weighted by Crippen LogP contribution is 2.02. The lowest BCUT2D eigenvalue weighted by molar-refractivity contribution is 0.206. The van der Waals surface area contributed by atoms with Gasteiger partial charge in [-0.25, -0.2) is 0 Å². The first-order valence-electron chi connectivity index (χ1n) is 5.68. The zero-order valence-corrected chi connectivity index (χ0v) is 11.3. The van der Waals surface area contributed by atoms with Crippen molar-refractivity contribution in [1.29, 1.82) is 0 Å². The smallest absolute Gasteiger partial charge is 0.466 e. The van der Waals surface area contributed by atoms with Crippen LogP contribution in [-0.2, 0) is 7.58 Å². The van der Waals surface area contributed by atoms with Crippen LogP contribution >= 0.6 is 10.0 Å². The van der Waals surface area contributed by atoms with Gasteiger partial charge in [-0.15, -0.1) is 0 Å². The van der Waals surface area contributed by atoms with Crippen LogP contribution < -0.4 is 0 Å². The summed E-state index contributed by atoms with van der Waals surface area (Å²) in [5.41, 5.74) is 0. The highest BCUT2D eigenvalue weighted by atomic mass is 35.6. The Bertz CT molecular complexity index is 102. The summed E-state index contributed by atoms with van der Waals surface area (Å²) in [7, 11) is 5.93. The third kappa shape index (κ3) is 10.8. The molecule has 0 aromatic rings. The van der Waals surface area contributed by atoms with Gasteiger partial charge in [-0.2, -0.15) is 10.0 Å². The molecule has 0 saturated heterocycles. The molecule has 0 spiro atoms. The van der Waals surface area contributed by atoms with E-state index < -0.39 is 13.9 Å². The van der Waals surface area contributed by atoms with Gasteiger partial charge in [0.05, 0.1) is 0 Å². The van der Waals surface area contributed by atoms with Gasteiger partial charge < -0.3 is 7.58 Å². The van der Waals surface area contributed by atoms with Gasteiger partial charge >= 0.3 is 13.9 Å². The van der Waals surface area contributed by atoms with Crippen LogP contribution in [0.15, 0.2) is 0 Å². The first-order valence-corrected chi connectivity index (χ1v) is 8.37. The minimum atomic E-state index is -1.82. The molecule has 0 atom stereocenters. The fraction of sp³-hybridized carbons (Fsp3) is 1.00. The Labute approximate surface area is 97.2 Å². The van der Waals surface area contributed by atoms with E-state index in [2.05, 4.69) is 13.8 Å². The zero-order valence-electron chi connectivity index (χ0n) is 9.43. The molecule has 0 saturated carbocycles. The molecule has 0 aromatic carbocycles. The summed E-state index contributed by atoms with van der Waals surface area (Å²) in [4.78, 5) is 0. The van der Waals surface area contributed by atoms with E-state index in [0.29, 0.717) is 0 Å². The molecule has 0 aromatic heterocycles. The molecule has 0 rings (SSSR count). The average Bonchev–Trinajstić information content (AvgIpc) is 2.19. The summed E-state index contributed by atoms with van der Waals surface area (Å²) in [6.45, 7) is 5.89. The van der Waals surface area contributed by atoms with E-state index in [1.807, 2.05) is 0 Å². The molecule has 0 fully saturated rings. The quantitative estimate of drug-likeness (QED) is 0.426. The van der Waals surface area contributed by atoms with Crippen molar-refractivity contribution in [3.8, 4) is 0 Å². The molecule has 0 aliphatic rings. The summed E-state index contributed by atoms with van der Waals surface area (Å²) in [5, 5.41) is 0. The van der Waals surface area contributed by atoms with Crippen molar-refractivity contribution in [3.05, 3.63) is 0 Å². The van der Waals surface area contributed by atoms with E-state index in [9.17, 15) is 0 Å². The minimum Gasteiger partial charge on any atom is -0.466 e. The number of unbranched alkanes of at least 4 members (excludes halogenated alkanes) is 4. The highest BCUT2D eigenvalue weighted by molar-refractivity contribution is 6.99. The number of hydrogen-bond donors (Lipinski definition) is 0. The molecule has 0 radical (unpaired) electrons. The monoisotopic (exact) mass is 236 g/mol. The molecule has 84 valence electrons. The molecular formula is C10H22AlClO2. The van der Waals surface area contributed by atoms with Crippen LogP contribution in [0, 0.1) is 0 Å². The van der Waals surface area contributed by atoms with E-state index >= 15 is 0 Å². The second kappa shape index (κ2) is 11.8. The van der Waals surface area contributed by atoms with Gasteiger partial charge in [0.15, 0.2) is 0 Å². The van der Waals surface area contributed by atoms with E-state index in [0.717, 1.165) is 26.1 Å². The van der Waals surface area contributed by atoms with Gasteiger partial charge in [-0.05, 0) is 12.8 Å². The third-order valence-electron chi connectivity index (χ3n) is 1.99. The van der Waals surface area contributed by atoms with Crippen molar-refractivity contribution in [1.82, 2.24) is 0 Å². The van der Waals surface area contributed by atoms with Crippen LogP contribution in [0.4, 0.5) is 0 Å². The van der Waals surface area contributed by atoms with Crippen molar-refractivity contribution in [2.75, 3.05) is 13.2 Å². The highest BCUT2D eigenvalue weighted by Gasteiger charge is 2.21. The summed E-state index contributed by atoms with van der Waals surface area (Å²) in [5.74, 6) is 0. The first kappa shape index (κ1) is 14.7. The fourth-order valence-corrected chi connectivity index (χ4v) is 2.44. The van der Waals surface area contributed by atoms with Crippen LogP contribution in [0.1, 0.15) is 52.4 Å². The van der Waals surface area contributed by atoms with E-state index in [1.165, 1.54) is 25.7 Å². The van der Waals surface area contributed by atoms with E-state index in [4.69, 9.17) is 17.6 Å². The van der Waals surface area contributed by atoms with Gasteiger partial charge in [0.1, 0.15) is 0 Å². The molecule has 0 N–H and O–H groups in total. The van der Waals surface area contributed by atoms with Crippen molar-refractivity contribution >= 4 is 23.9 Å². The molecule has 0 bridgehead atoms. The van der Waals surface area contributed by atoms with Gasteiger partial charge in [0, 0.05) is 13.2 Å². The number of rotatable bonds is 10. The van der Waals surface area contributed by atoms with E-state index in [1.54, 1.807) is 0 Å². The molecule has 14 heavy (non-hydrogen) atoms. The van der Waals surface area contributed by atoms with Crippen LogP contribution in [0.2, 0.25) is 0 Å². The maximum atomic E-state index is 5.93. The maximum Gasteiger partial charge on any atom is 0.813 e. The van der Waals surface area contributed by atoms with E-state index in [-0.39, 0.29) is 0 Å². The van der Waals surface area contributed by atoms with Crippen LogP contribution in [0.25, 0.3) is 0 Å². The lowest BCUT2D eigenvalue weighted by Gasteiger charge is -2.07. The second-order valence-electron chi connectivity index (χ2n) is 3.43. The third-order valence-corrected chi connectivity index (χ3v) is 3.75. The Hall–Kier alpha value is 0.742. The van der Waals surface area contributed by atoms with Gasteiger partial charge in [-0.1, -0.05) is 39.5 Å². The van der Waals surface area contributed by atoms with Gasteiger partial charge in [0.25, 0.3) is 0 Å². The normalized spacial score (nSPS) is 10.5. The standard InChI is InChI=1S/2C5H11O.Al.ClH/c2*1-2-3-4-5-6;;/h2*2-5H2,1H3;;1H/q2*-1;+3;/p-1. The number of halogens is 1. The minimum absolute atomic E-state index is 0.766. The Kier molecular flexibility index (Phi) is 12.4. The molecule has 0 heterocycles. The van der Waals surface area contributed by atoms with Gasteiger partial charge in [-0.3, -0.25) is 0 Å². The molecule has 0 amide bonds. The Morgan fingerprint density at radius 2 is 1.29 bits per heavy atom. The Morgan fingerprint density at radius 3 is 1.64 bits per heavy atom. The molecule has 0 aliphatic carbocycles. The molecule has 4 heteroatoms. The molecule has 2 nitrogen and oxygen atoms in total. The van der Waals surface area contributed by atoms with Crippen molar-refractivity contribution in [3.63, 3.8) is 0 Å². The zero-order chi connectivity index (χ0) is 10.6. The molecular weight excluding hydrogens is 215 g/mol. The van der Waals surface area contributed by atoms with Gasteiger partial charge in [0.2, 0.25) is 0 Å². The van der Waals surface area contributed by atoms with Crippen LogP contribution in [-0.4, -0.2) is 27.1 Å². The Balaban J connectivity index is 3.07. The lowest BCUT2D eigenvalue weighted by atomic mass is 10.3. The summed E-state index contributed by atoms with van der Waals surface area (Å²) >= 11 is -1.82. The Morgan fingerprint density at radius 1 is 0.857 bits per heavy atom. The van der Waals surface area contributed by atoms with Crippen molar-refractivity contribution in [2.24, 2.45) is 0 Å². The fourth-order valence-electron chi connectivity index (χ4n) is 1.10. The topological polar surface area (TPSA) is 18.5 Å². The predicted molar refractivity (Wildman–Crippen MR) is 62.6 cm³/mol. The van der Waals surface area contributed by atoms with Crippen LogP contribution in [0.5, 0.6) is 0 Å². The van der Waals surface area contributed by atoms with Crippen molar-refractivity contribution < 1.29 is 7.58 Å². The maximum absolute atomic E-state index is 5.93. The van der Waals surface area contributed by atoms with Crippen molar-refractivity contribution in [2.45, 2.75) is 52.4 Å².